The van der Waals surface area contributed by atoms with E-state index in [0.717, 1.165) is 37.9 Å². The number of hydrogen-bond acceptors (Lipinski definition) is 5. The predicted octanol–water partition coefficient (Wildman–Crippen LogP) is 5.22. The van der Waals surface area contributed by atoms with Crippen molar-refractivity contribution in [3.63, 3.8) is 0 Å². The molecule has 2 aliphatic carbocycles. The number of likely N-dealkylation sites (tertiary alicyclic amines) is 1. The highest BCUT2D eigenvalue weighted by molar-refractivity contribution is 6.00. The van der Waals surface area contributed by atoms with E-state index in [4.69, 9.17) is 0 Å². The van der Waals surface area contributed by atoms with E-state index in [-0.39, 0.29) is 40.9 Å². The summed E-state index contributed by atoms with van der Waals surface area (Å²) in [5, 5.41) is 0. The summed E-state index contributed by atoms with van der Waals surface area (Å²) in [5.74, 6) is 0.522. The first-order valence-corrected chi connectivity index (χ1v) is 12.5. The number of carbonyl (C=O) groups is 1. The molecule has 0 radical (unpaired) electrons. The molecule has 0 spiro atoms. The number of piperidine rings is 1. The molecule has 2 aromatic heterocycles. The van der Waals surface area contributed by atoms with Gasteiger partial charge >= 0.3 is 6.18 Å². The van der Waals surface area contributed by atoms with Crippen molar-refractivity contribution in [2.24, 2.45) is 11.8 Å². The lowest BCUT2D eigenvalue weighted by molar-refractivity contribution is -0.137. The molecule has 6 nitrogen and oxygen atoms in total. The van der Waals surface area contributed by atoms with Crippen molar-refractivity contribution >= 4 is 11.7 Å². The maximum Gasteiger partial charge on any atom is 0.417 e. The Labute approximate surface area is 211 Å². The minimum absolute atomic E-state index is 0.0717. The van der Waals surface area contributed by atoms with Crippen molar-refractivity contribution in [1.29, 1.82) is 0 Å². The van der Waals surface area contributed by atoms with Crippen molar-refractivity contribution in [3.8, 4) is 11.4 Å². The molecule has 10 heteroatoms. The number of anilines is 1. The number of nitrogens with zero attached hydrogens (tertiary/aromatic N) is 5. The predicted molar refractivity (Wildman–Crippen MR) is 128 cm³/mol. The van der Waals surface area contributed by atoms with Gasteiger partial charge in [0, 0.05) is 31.7 Å². The van der Waals surface area contributed by atoms with E-state index in [1.807, 2.05) is 0 Å². The minimum Gasteiger partial charge on any atom is -0.351 e. The van der Waals surface area contributed by atoms with Gasteiger partial charge in [0.05, 0.1) is 28.8 Å². The van der Waals surface area contributed by atoms with Gasteiger partial charge in [0.25, 0.3) is 5.91 Å². The molecule has 3 heterocycles. The maximum atomic E-state index is 14.9. The molecule has 3 fully saturated rings. The number of halogens is 4. The van der Waals surface area contributed by atoms with E-state index in [1.54, 1.807) is 17.0 Å². The van der Waals surface area contributed by atoms with Gasteiger partial charge in [-0.05, 0) is 67.9 Å². The SMILES string of the molecule is O=C(c1cccc(F)c1-c1ncccn1)N1C[C@@H]2CC1C(N(CC1CC1)c1ccc(C(F)(F)F)cn1)C2. The van der Waals surface area contributed by atoms with Crippen LogP contribution in [0.1, 0.15) is 41.6 Å². The second kappa shape index (κ2) is 9.08. The van der Waals surface area contributed by atoms with Crippen LogP contribution in [0.2, 0.25) is 0 Å². The van der Waals surface area contributed by atoms with Crippen LogP contribution in [0.25, 0.3) is 11.4 Å². The second-order valence-corrected chi connectivity index (χ2v) is 10.2. The number of rotatable bonds is 6. The van der Waals surface area contributed by atoms with E-state index in [0.29, 0.717) is 24.8 Å². The Morgan fingerprint density at radius 1 is 1.03 bits per heavy atom. The van der Waals surface area contributed by atoms with E-state index in [9.17, 15) is 22.4 Å². The Kier molecular flexibility index (Phi) is 5.84. The molecule has 1 aromatic carbocycles. The average molecular weight is 512 g/mol. The molecule has 3 aromatic rings. The van der Waals surface area contributed by atoms with Gasteiger partial charge in [-0.15, -0.1) is 0 Å². The number of benzene rings is 1. The molecule has 37 heavy (non-hydrogen) atoms. The summed E-state index contributed by atoms with van der Waals surface area (Å²) in [6.07, 6.45) is 3.21. The van der Waals surface area contributed by atoms with Crippen molar-refractivity contribution in [1.82, 2.24) is 19.9 Å². The zero-order valence-corrected chi connectivity index (χ0v) is 19.9. The van der Waals surface area contributed by atoms with Gasteiger partial charge in [0.2, 0.25) is 0 Å². The number of carbonyl (C=O) groups excluding carboxylic acids is 1. The van der Waals surface area contributed by atoms with Crippen LogP contribution in [0.15, 0.2) is 55.0 Å². The summed E-state index contributed by atoms with van der Waals surface area (Å²) in [6.45, 7) is 1.25. The Balaban J connectivity index is 1.30. The summed E-state index contributed by atoms with van der Waals surface area (Å²) in [7, 11) is 0. The van der Waals surface area contributed by atoms with Gasteiger partial charge in [0.1, 0.15) is 11.6 Å². The molecule has 2 saturated carbocycles. The third-order valence-electron chi connectivity index (χ3n) is 7.66. The van der Waals surface area contributed by atoms with Crippen molar-refractivity contribution < 1.29 is 22.4 Å². The average Bonchev–Trinajstić information content (AvgIpc) is 3.49. The minimum atomic E-state index is -4.45. The van der Waals surface area contributed by atoms with Gasteiger partial charge in [-0.2, -0.15) is 13.2 Å². The second-order valence-electron chi connectivity index (χ2n) is 10.2. The van der Waals surface area contributed by atoms with Gasteiger partial charge < -0.3 is 9.80 Å². The van der Waals surface area contributed by atoms with E-state index in [1.165, 1.54) is 30.6 Å². The zero-order chi connectivity index (χ0) is 25.7. The van der Waals surface area contributed by atoms with Gasteiger partial charge in [-0.1, -0.05) is 6.07 Å². The summed E-state index contributed by atoms with van der Waals surface area (Å²) in [4.78, 5) is 30.2. The molecule has 6 rings (SSSR count). The number of pyridine rings is 1. The lowest BCUT2D eigenvalue weighted by Gasteiger charge is -2.41. The molecule has 192 valence electrons. The summed E-state index contributed by atoms with van der Waals surface area (Å²) in [5.41, 5.74) is -0.500. The van der Waals surface area contributed by atoms with Crippen LogP contribution in [0.4, 0.5) is 23.4 Å². The highest BCUT2D eigenvalue weighted by Crippen LogP contribution is 2.44. The molecular formula is C27H25F4N5O. The molecule has 1 amide bonds. The van der Waals surface area contributed by atoms with Crippen molar-refractivity contribution in [2.45, 2.75) is 43.9 Å². The van der Waals surface area contributed by atoms with Crippen LogP contribution in [0.3, 0.4) is 0 Å². The van der Waals surface area contributed by atoms with Gasteiger partial charge in [-0.3, -0.25) is 4.79 Å². The van der Waals surface area contributed by atoms with E-state index >= 15 is 0 Å². The lowest BCUT2D eigenvalue weighted by Crippen LogP contribution is -2.53. The van der Waals surface area contributed by atoms with E-state index < -0.39 is 17.6 Å². The number of hydrogen-bond donors (Lipinski definition) is 0. The molecular weight excluding hydrogens is 486 g/mol. The summed E-state index contributed by atoms with van der Waals surface area (Å²) >= 11 is 0. The zero-order valence-electron chi connectivity index (χ0n) is 19.9. The third kappa shape index (κ3) is 4.53. The molecule has 0 N–H and O–H groups in total. The van der Waals surface area contributed by atoms with Crippen LogP contribution in [0.5, 0.6) is 0 Å². The molecule has 2 bridgehead atoms. The summed E-state index contributed by atoms with van der Waals surface area (Å²) < 4.78 is 54.3. The first kappa shape index (κ1) is 23.8. The molecule has 1 aliphatic heterocycles. The van der Waals surface area contributed by atoms with Crippen LogP contribution in [0, 0.1) is 17.7 Å². The summed E-state index contributed by atoms with van der Waals surface area (Å²) in [6, 6.07) is 8.29. The molecule has 3 aliphatic rings. The van der Waals surface area contributed by atoms with Gasteiger partial charge in [-0.25, -0.2) is 19.3 Å². The number of aromatic nitrogens is 3. The Morgan fingerprint density at radius 2 is 1.81 bits per heavy atom. The monoisotopic (exact) mass is 511 g/mol. The van der Waals surface area contributed by atoms with E-state index in [2.05, 4.69) is 19.9 Å². The van der Waals surface area contributed by atoms with Crippen molar-refractivity contribution in [3.05, 3.63) is 71.9 Å². The number of alkyl halides is 3. The third-order valence-corrected chi connectivity index (χ3v) is 7.66. The fraction of sp³-hybridized carbons (Fsp3) is 0.407. The van der Waals surface area contributed by atoms with Crippen molar-refractivity contribution in [2.75, 3.05) is 18.0 Å². The topological polar surface area (TPSA) is 62.2 Å². The lowest BCUT2D eigenvalue weighted by atomic mass is 10.00. The highest BCUT2D eigenvalue weighted by Gasteiger charge is 2.50. The van der Waals surface area contributed by atoms with Crippen LogP contribution in [-0.2, 0) is 6.18 Å². The Bertz CT molecular complexity index is 1300. The smallest absolute Gasteiger partial charge is 0.351 e. The standard InChI is InChI=1S/C27H25F4N5O/c28-20-4-1-3-19(24(20)25-32-9-2-10-33-25)26(37)36-15-17-11-21(22(36)12-17)35(14-16-5-6-16)23-8-7-18(13-34-23)27(29,30)31/h1-4,7-10,13,16-17,21-22H,5-6,11-12,14-15H2/t17-,21?,22?/m0/s1. The molecule has 2 unspecified atom stereocenters. The fourth-order valence-electron chi connectivity index (χ4n) is 5.77. The molecule has 3 atom stereocenters. The number of amides is 1. The van der Waals surface area contributed by atoms with Crippen LogP contribution >= 0.6 is 0 Å². The quantitative estimate of drug-likeness (QED) is 0.425. The Morgan fingerprint density at radius 3 is 2.46 bits per heavy atom. The van der Waals surface area contributed by atoms with Crippen LogP contribution in [-0.4, -0.2) is 50.9 Å². The largest absolute Gasteiger partial charge is 0.417 e. The number of fused-ring (bicyclic) bond motifs is 2. The molecule has 1 saturated heterocycles. The fourth-order valence-corrected chi connectivity index (χ4v) is 5.77. The normalized spacial score (nSPS) is 22.9. The van der Waals surface area contributed by atoms with Gasteiger partial charge in [0.15, 0.2) is 5.82 Å². The Hall–Kier alpha value is -3.56. The van der Waals surface area contributed by atoms with Crippen LogP contribution < -0.4 is 4.90 Å². The maximum absolute atomic E-state index is 14.9. The first-order chi connectivity index (χ1) is 17.8. The first-order valence-electron chi connectivity index (χ1n) is 12.5. The highest BCUT2D eigenvalue weighted by atomic mass is 19.4.